The normalized spacial score (nSPS) is 28.6. The summed E-state index contributed by atoms with van der Waals surface area (Å²) in [5.41, 5.74) is -2.37. The molecule has 1 saturated carbocycles. The van der Waals surface area contributed by atoms with Crippen molar-refractivity contribution in [2.75, 3.05) is 18.5 Å². The van der Waals surface area contributed by atoms with Gasteiger partial charge in [0.1, 0.15) is 4.87 Å². The highest BCUT2D eigenvalue weighted by molar-refractivity contribution is 6.40. The van der Waals surface area contributed by atoms with Crippen molar-refractivity contribution < 1.29 is 22.7 Å². The van der Waals surface area contributed by atoms with Crippen molar-refractivity contribution in [1.29, 1.82) is 0 Å². The van der Waals surface area contributed by atoms with Gasteiger partial charge in [0.15, 0.2) is 0 Å². The molecule has 2 aliphatic heterocycles. The van der Waals surface area contributed by atoms with Crippen LogP contribution in [0.15, 0.2) is 34.5 Å². The Balaban J connectivity index is 1.45. The number of hydrogen-bond donors (Lipinski definition) is 1. The predicted molar refractivity (Wildman–Crippen MR) is 83.3 cm³/mol. The highest BCUT2D eigenvalue weighted by Crippen LogP contribution is 2.66. The van der Waals surface area contributed by atoms with Gasteiger partial charge in [-0.3, -0.25) is 4.79 Å². The average molecular weight is 374 g/mol. The summed E-state index contributed by atoms with van der Waals surface area (Å²) >= 11 is 6.51. The summed E-state index contributed by atoms with van der Waals surface area (Å²) < 4.78 is 44.2. The molecule has 2 fully saturated rings. The molecule has 0 radical (unpaired) electrons. The van der Waals surface area contributed by atoms with Gasteiger partial charge in [-0.1, -0.05) is 12.1 Å². The Morgan fingerprint density at radius 1 is 1.16 bits per heavy atom. The van der Waals surface area contributed by atoms with E-state index in [1.54, 1.807) is 0 Å². The van der Waals surface area contributed by atoms with Crippen molar-refractivity contribution in [3.63, 3.8) is 0 Å². The molecule has 2 heterocycles. The number of hydrogen-bond acceptors (Lipinski definition) is 4. The highest BCUT2D eigenvalue weighted by atomic mass is 35.5. The number of alkyl halides is 4. The smallest absolute Gasteiger partial charge is 0.381 e. The van der Waals surface area contributed by atoms with Crippen LogP contribution in [0.25, 0.3) is 0 Å². The molecule has 1 saturated heterocycles. The number of benzene rings is 1. The maximum atomic E-state index is 13.0. The molecular formula is C16H15ClF3N3O2. The maximum absolute atomic E-state index is 13.0. The second-order valence-corrected chi connectivity index (χ2v) is 7.42. The number of carbonyl (C=O) groups is 1. The lowest BCUT2D eigenvalue weighted by molar-refractivity contribution is -0.166. The van der Waals surface area contributed by atoms with Crippen LogP contribution in [-0.2, 0) is 15.2 Å². The second kappa shape index (κ2) is 5.17. The van der Waals surface area contributed by atoms with Crippen LogP contribution in [0.5, 0.6) is 0 Å². The van der Waals surface area contributed by atoms with E-state index in [1.165, 1.54) is 24.3 Å². The molecule has 0 aromatic heterocycles. The van der Waals surface area contributed by atoms with Crippen LogP contribution in [0.3, 0.4) is 0 Å². The van der Waals surface area contributed by atoms with Crippen LogP contribution >= 0.6 is 11.6 Å². The monoisotopic (exact) mass is 373 g/mol. The van der Waals surface area contributed by atoms with Gasteiger partial charge < -0.3 is 10.1 Å². The Morgan fingerprint density at radius 3 is 2.28 bits per heavy atom. The third-order valence-corrected chi connectivity index (χ3v) is 6.05. The molecule has 1 aromatic carbocycles. The molecule has 134 valence electrons. The maximum Gasteiger partial charge on any atom is 0.442 e. The van der Waals surface area contributed by atoms with E-state index in [4.69, 9.17) is 16.3 Å². The number of amides is 1. The quantitative estimate of drug-likeness (QED) is 0.814. The minimum Gasteiger partial charge on any atom is -0.381 e. The number of nitrogens with one attached hydrogen (secondary N) is 1. The molecule has 5 nitrogen and oxygen atoms in total. The van der Waals surface area contributed by atoms with E-state index < -0.39 is 16.7 Å². The third-order valence-electron chi connectivity index (χ3n) is 5.35. The standard InChI is InChI=1S/C16H15ClF3N3O2/c17-14(9-13(14)5-7-25-8-6-13)12(24)21-11-3-1-10(2-4-11)15(22-23-15)16(18,19)20/h1-4H,5-9H2,(H,21,24). The molecule has 0 bridgehead atoms. The van der Waals surface area contributed by atoms with Gasteiger partial charge in [0.25, 0.3) is 0 Å². The summed E-state index contributed by atoms with van der Waals surface area (Å²) in [6.45, 7) is 1.17. The van der Waals surface area contributed by atoms with Gasteiger partial charge in [0.2, 0.25) is 5.91 Å². The van der Waals surface area contributed by atoms with Gasteiger partial charge in [0, 0.05) is 29.9 Å². The van der Waals surface area contributed by atoms with Gasteiger partial charge in [-0.25, -0.2) is 0 Å². The number of rotatable bonds is 3. The van der Waals surface area contributed by atoms with E-state index >= 15 is 0 Å². The van der Waals surface area contributed by atoms with Crippen LogP contribution in [0.4, 0.5) is 18.9 Å². The second-order valence-electron chi connectivity index (χ2n) is 6.77. The first-order valence-corrected chi connectivity index (χ1v) is 8.30. The number of ether oxygens (including phenoxy) is 1. The molecule has 1 aliphatic carbocycles. The molecule has 1 amide bonds. The predicted octanol–water partition coefficient (Wildman–Crippen LogP) is 3.98. The van der Waals surface area contributed by atoms with Crippen molar-refractivity contribution in [2.24, 2.45) is 15.6 Å². The summed E-state index contributed by atoms with van der Waals surface area (Å²) in [5, 5.41) is 9.00. The minimum absolute atomic E-state index is 0.0779. The molecule has 1 unspecified atom stereocenters. The van der Waals surface area contributed by atoms with Gasteiger partial charge in [-0.15, -0.1) is 21.8 Å². The van der Waals surface area contributed by atoms with E-state index in [9.17, 15) is 18.0 Å². The zero-order chi connectivity index (χ0) is 17.9. The lowest BCUT2D eigenvalue weighted by Crippen LogP contribution is -2.34. The molecule has 1 aromatic rings. The summed E-state index contributed by atoms with van der Waals surface area (Å²) in [5.74, 6) is -0.324. The van der Waals surface area contributed by atoms with Crippen LogP contribution in [0.2, 0.25) is 0 Å². The molecule has 4 rings (SSSR count). The Labute approximate surface area is 146 Å². The van der Waals surface area contributed by atoms with E-state index in [0.717, 1.165) is 12.8 Å². The van der Waals surface area contributed by atoms with E-state index in [1.807, 2.05) is 0 Å². The summed E-state index contributed by atoms with van der Waals surface area (Å²) in [4.78, 5) is 11.6. The fourth-order valence-electron chi connectivity index (χ4n) is 3.54. The van der Waals surface area contributed by atoms with E-state index in [0.29, 0.717) is 25.3 Å². The number of anilines is 1. The first kappa shape index (κ1) is 16.8. The first-order chi connectivity index (χ1) is 11.7. The first-order valence-electron chi connectivity index (χ1n) is 7.92. The van der Waals surface area contributed by atoms with Crippen molar-refractivity contribution >= 4 is 23.2 Å². The molecule has 1 N–H and O–H groups in total. The molecule has 9 heteroatoms. The lowest BCUT2D eigenvalue weighted by atomic mass is 9.93. The average Bonchev–Trinajstić information content (AvgIpc) is 3.46. The lowest BCUT2D eigenvalue weighted by Gasteiger charge is -2.25. The summed E-state index contributed by atoms with van der Waals surface area (Å²) in [6, 6.07) is 5.34. The minimum atomic E-state index is -4.57. The van der Waals surface area contributed by atoms with Crippen molar-refractivity contribution in [2.45, 2.75) is 36.0 Å². The molecule has 25 heavy (non-hydrogen) atoms. The topological polar surface area (TPSA) is 63.0 Å². The van der Waals surface area contributed by atoms with Crippen molar-refractivity contribution in [3.8, 4) is 0 Å². The number of halogens is 4. The molecule has 1 spiro atoms. The molecular weight excluding hydrogens is 359 g/mol. The van der Waals surface area contributed by atoms with Crippen LogP contribution < -0.4 is 5.32 Å². The fraction of sp³-hybridized carbons (Fsp3) is 0.562. The van der Waals surface area contributed by atoms with E-state index in [-0.39, 0.29) is 16.9 Å². The Kier molecular flexibility index (Phi) is 3.47. The largest absolute Gasteiger partial charge is 0.442 e. The Morgan fingerprint density at radius 2 is 1.76 bits per heavy atom. The van der Waals surface area contributed by atoms with Gasteiger partial charge >= 0.3 is 11.8 Å². The van der Waals surface area contributed by atoms with Gasteiger partial charge in [0.05, 0.1) is 0 Å². The highest BCUT2D eigenvalue weighted by Gasteiger charge is 2.71. The SMILES string of the molecule is O=C(Nc1ccc(C2(C(F)(F)F)N=N2)cc1)C1(Cl)CC12CCOCC2. The van der Waals surface area contributed by atoms with Crippen molar-refractivity contribution in [1.82, 2.24) is 0 Å². The van der Waals surface area contributed by atoms with Gasteiger partial charge in [-0.05, 0) is 31.4 Å². The van der Waals surface area contributed by atoms with Crippen LogP contribution in [-0.4, -0.2) is 30.2 Å². The van der Waals surface area contributed by atoms with Crippen LogP contribution in [0, 0.1) is 5.41 Å². The number of carbonyl (C=O) groups excluding carboxylic acids is 1. The Hall–Kier alpha value is -1.67. The van der Waals surface area contributed by atoms with Crippen LogP contribution in [0.1, 0.15) is 24.8 Å². The zero-order valence-electron chi connectivity index (χ0n) is 13.1. The summed E-state index contributed by atoms with van der Waals surface area (Å²) in [7, 11) is 0. The zero-order valence-corrected chi connectivity index (χ0v) is 13.8. The Bertz CT molecular complexity index is 738. The summed E-state index contributed by atoms with van der Waals surface area (Å²) in [6.07, 6.45) is -2.51. The molecule has 3 aliphatic rings. The van der Waals surface area contributed by atoms with Gasteiger partial charge in [-0.2, -0.15) is 13.2 Å². The van der Waals surface area contributed by atoms with Crippen molar-refractivity contribution in [3.05, 3.63) is 29.8 Å². The fourth-order valence-corrected chi connectivity index (χ4v) is 4.03. The third kappa shape index (κ3) is 2.45. The number of nitrogens with zero attached hydrogens (tertiary/aromatic N) is 2. The van der Waals surface area contributed by atoms with E-state index in [2.05, 4.69) is 15.5 Å². The molecule has 1 atom stereocenters.